The van der Waals surface area contributed by atoms with Gasteiger partial charge in [0.05, 0.1) is 5.56 Å². The third kappa shape index (κ3) is 4.93. The lowest BCUT2D eigenvalue weighted by Crippen LogP contribution is -2.49. The van der Waals surface area contributed by atoms with Crippen molar-refractivity contribution in [3.8, 4) is 0 Å². The lowest BCUT2D eigenvalue weighted by molar-refractivity contribution is -0.137. The normalized spacial score (nSPS) is 17.1. The summed E-state index contributed by atoms with van der Waals surface area (Å²) < 4.78 is 64.9. The smallest absolute Gasteiger partial charge is 0.339 e. The second-order valence-electron chi connectivity index (χ2n) is 6.05. The molecule has 0 spiro atoms. The van der Waals surface area contributed by atoms with Gasteiger partial charge in [0.15, 0.2) is 0 Å². The highest BCUT2D eigenvalue weighted by atomic mass is 32.2. The first-order chi connectivity index (χ1) is 11.5. The van der Waals surface area contributed by atoms with E-state index in [9.17, 15) is 26.4 Å². The molecule has 2 rings (SSSR count). The SMILES string of the molecule is CN(C)S(=O)(=O)NC1CCN(C(=O)c2ccc(C(F)(F)F)cc2)CC1. The third-order valence-electron chi connectivity index (χ3n) is 4.04. The molecule has 10 heteroatoms. The molecular weight excluding hydrogens is 359 g/mol. The fourth-order valence-corrected chi connectivity index (χ4v) is 3.37. The first kappa shape index (κ1) is 19.7. The van der Waals surface area contributed by atoms with Crippen molar-refractivity contribution in [1.29, 1.82) is 0 Å². The molecule has 1 heterocycles. The first-order valence-electron chi connectivity index (χ1n) is 7.67. The Morgan fingerprint density at radius 3 is 2.12 bits per heavy atom. The van der Waals surface area contributed by atoms with Crippen LogP contribution in [0.2, 0.25) is 0 Å². The summed E-state index contributed by atoms with van der Waals surface area (Å²) in [5.41, 5.74) is -0.624. The van der Waals surface area contributed by atoms with Gasteiger partial charge in [0.25, 0.3) is 16.1 Å². The molecule has 1 N–H and O–H groups in total. The zero-order valence-corrected chi connectivity index (χ0v) is 14.7. The second kappa shape index (κ2) is 7.30. The fourth-order valence-electron chi connectivity index (χ4n) is 2.50. The Bertz CT molecular complexity index is 710. The molecule has 0 unspecified atom stereocenters. The number of hydrogen-bond donors (Lipinski definition) is 1. The molecule has 1 aliphatic rings. The first-order valence-corrected chi connectivity index (χ1v) is 9.11. The van der Waals surface area contributed by atoms with Crippen molar-refractivity contribution < 1.29 is 26.4 Å². The van der Waals surface area contributed by atoms with Crippen molar-refractivity contribution in [3.63, 3.8) is 0 Å². The van der Waals surface area contributed by atoms with E-state index in [2.05, 4.69) is 4.72 Å². The highest BCUT2D eigenvalue weighted by molar-refractivity contribution is 7.87. The topological polar surface area (TPSA) is 69.7 Å². The number of nitrogens with zero attached hydrogens (tertiary/aromatic N) is 2. The molecule has 0 saturated carbocycles. The maximum absolute atomic E-state index is 12.6. The molecule has 6 nitrogen and oxygen atoms in total. The van der Waals surface area contributed by atoms with Gasteiger partial charge in [-0.2, -0.15) is 30.6 Å². The number of carbonyl (C=O) groups is 1. The summed E-state index contributed by atoms with van der Waals surface area (Å²) in [6.07, 6.45) is -3.55. The van der Waals surface area contributed by atoms with Gasteiger partial charge < -0.3 is 4.90 Å². The zero-order chi connectivity index (χ0) is 18.8. The summed E-state index contributed by atoms with van der Waals surface area (Å²) in [7, 11) is -0.689. The Morgan fingerprint density at radius 1 is 1.16 bits per heavy atom. The van der Waals surface area contributed by atoms with Gasteiger partial charge in [-0.1, -0.05) is 0 Å². The van der Waals surface area contributed by atoms with Crippen molar-refractivity contribution in [2.45, 2.75) is 25.1 Å². The monoisotopic (exact) mass is 379 g/mol. The highest BCUT2D eigenvalue weighted by Crippen LogP contribution is 2.29. The number of hydrogen-bond acceptors (Lipinski definition) is 3. The molecule has 1 saturated heterocycles. The second-order valence-corrected chi connectivity index (χ2v) is 7.96. The Labute approximate surface area is 144 Å². The fraction of sp³-hybridized carbons (Fsp3) is 0.533. The van der Waals surface area contributed by atoms with E-state index in [0.717, 1.165) is 28.6 Å². The predicted octanol–water partition coefficient (Wildman–Crippen LogP) is 1.71. The maximum atomic E-state index is 12.6. The Kier molecular flexibility index (Phi) is 5.75. The average Bonchev–Trinajstić information content (AvgIpc) is 2.54. The van der Waals surface area contributed by atoms with Crippen LogP contribution >= 0.6 is 0 Å². The minimum atomic E-state index is -4.44. The predicted molar refractivity (Wildman–Crippen MR) is 86.1 cm³/mol. The lowest BCUT2D eigenvalue weighted by atomic mass is 10.0. The van der Waals surface area contributed by atoms with Crippen LogP contribution in [0.15, 0.2) is 24.3 Å². The molecule has 0 bridgehead atoms. The number of nitrogens with one attached hydrogen (secondary N) is 1. The Balaban J connectivity index is 1.95. The highest BCUT2D eigenvalue weighted by Gasteiger charge is 2.31. The number of piperidine rings is 1. The number of benzene rings is 1. The Morgan fingerprint density at radius 2 is 1.68 bits per heavy atom. The van der Waals surface area contributed by atoms with Crippen LogP contribution in [0.1, 0.15) is 28.8 Å². The van der Waals surface area contributed by atoms with Crippen LogP contribution < -0.4 is 4.72 Å². The molecule has 1 amide bonds. The van der Waals surface area contributed by atoms with Crippen molar-refractivity contribution >= 4 is 16.1 Å². The number of halogens is 3. The van der Waals surface area contributed by atoms with E-state index in [4.69, 9.17) is 0 Å². The zero-order valence-electron chi connectivity index (χ0n) is 13.9. The van der Waals surface area contributed by atoms with Crippen LogP contribution in [0.3, 0.4) is 0 Å². The van der Waals surface area contributed by atoms with Crippen LogP contribution in [0.25, 0.3) is 0 Å². The van der Waals surface area contributed by atoms with Gasteiger partial charge in [0.2, 0.25) is 0 Å². The molecule has 1 fully saturated rings. The van der Waals surface area contributed by atoms with Crippen LogP contribution in [-0.4, -0.2) is 56.8 Å². The molecule has 0 aliphatic carbocycles. The van der Waals surface area contributed by atoms with Crippen LogP contribution in [0.5, 0.6) is 0 Å². The summed E-state index contributed by atoms with van der Waals surface area (Å²) in [5.74, 6) is -0.359. The van der Waals surface area contributed by atoms with Gasteiger partial charge in [0.1, 0.15) is 0 Å². The number of amides is 1. The van der Waals surface area contributed by atoms with Gasteiger partial charge in [-0.15, -0.1) is 0 Å². The summed E-state index contributed by atoms with van der Waals surface area (Å²) in [6.45, 7) is 0.668. The third-order valence-corrected chi connectivity index (χ3v) is 5.63. The standard InChI is InChI=1S/C15H20F3N3O3S/c1-20(2)25(23,24)19-13-7-9-21(10-8-13)14(22)11-3-5-12(6-4-11)15(16,17)18/h3-6,13,19H,7-10H2,1-2H3. The van der Waals surface area contributed by atoms with E-state index in [0.29, 0.717) is 25.9 Å². The molecule has 1 aromatic carbocycles. The van der Waals surface area contributed by atoms with Crippen molar-refractivity contribution in [1.82, 2.24) is 13.9 Å². The largest absolute Gasteiger partial charge is 0.416 e. The summed E-state index contributed by atoms with van der Waals surface area (Å²) in [6, 6.07) is 3.80. The van der Waals surface area contributed by atoms with E-state index in [1.54, 1.807) is 0 Å². The molecule has 1 aromatic rings. The van der Waals surface area contributed by atoms with Gasteiger partial charge in [-0.25, -0.2) is 0 Å². The lowest BCUT2D eigenvalue weighted by Gasteiger charge is -2.32. The Hall–Kier alpha value is -1.65. The van der Waals surface area contributed by atoms with Gasteiger partial charge in [-0.3, -0.25) is 4.79 Å². The summed E-state index contributed by atoms with van der Waals surface area (Å²) in [4.78, 5) is 13.9. The van der Waals surface area contributed by atoms with E-state index >= 15 is 0 Å². The summed E-state index contributed by atoms with van der Waals surface area (Å²) >= 11 is 0. The van der Waals surface area contributed by atoms with Crippen molar-refractivity contribution in [2.75, 3.05) is 27.2 Å². The minimum Gasteiger partial charge on any atom is -0.339 e. The van der Waals surface area contributed by atoms with Gasteiger partial charge in [0, 0.05) is 38.8 Å². The minimum absolute atomic E-state index is 0.181. The molecule has 140 valence electrons. The number of alkyl halides is 3. The summed E-state index contributed by atoms with van der Waals surface area (Å²) in [5, 5.41) is 0. The molecule has 25 heavy (non-hydrogen) atoms. The number of carbonyl (C=O) groups excluding carboxylic acids is 1. The maximum Gasteiger partial charge on any atom is 0.416 e. The number of rotatable bonds is 4. The van der Waals surface area contributed by atoms with Crippen LogP contribution in [0.4, 0.5) is 13.2 Å². The van der Waals surface area contributed by atoms with Crippen molar-refractivity contribution in [2.24, 2.45) is 0 Å². The molecule has 1 aliphatic heterocycles. The van der Waals surface area contributed by atoms with Crippen LogP contribution in [-0.2, 0) is 16.4 Å². The van der Waals surface area contributed by atoms with Crippen LogP contribution in [0, 0.1) is 0 Å². The molecule has 0 radical (unpaired) electrons. The van der Waals surface area contributed by atoms with Gasteiger partial charge >= 0.3 is 6.18 Å². The van der Waals surface area contributed by atoms with Gasteiger partial charge in [-0.05, 0) is 37.1 Å². The molecule has 0 atom stereocenters. The number of likely N-dealkylation sites (tertiary alicyclic amines) is 1. The van der Waals surface area contributed by atoms with E-state index in [1.807, 2.05) is 0 Å². The van der Waals surface area contributed by atoms with E-state index < -0.39 is 21.9 Å². The van der Waals surface area contributed by atoms with E-state index in [-0.39, 0.29) is 17.5 Å². The molecular formula is C15H20F3N3O3S. The quantitative estimate of drug-likeness (QED) is 0.866. The molecule has 0 aromatic heterocycles. The van der Waals surface area contributed by atoms with Crippen molar-refractivity contribution in [3.05, 3.63) is 35.4 Å². The van der Waals surface area contributed by atoms with E-state index in [1.165, 1.54) is 19.0 Å². The average molecular weight is 379 g/mol.